The number of rotatable bonds is 5. The fourth-order valence-electron chi connectivity index (χ4n) is 2.09. The Kier molecular flexibility index (Phi) is 6.71. The smallest absolute Gasteiger partial charge is 0.267 e. The van der Waals surface area contributed by atoms with Gasteiger partial charge in [-0.2, -0.15) is 0 Å². The van der Waals surface area contributed by atoms with E-state index in [1.807, 2.05) is 0 Å². The lowest BCUT2D eigenvalue weighted by atomic mass is 10.4. The van der Waals surface area contributed by atoms with Crippen molar-refractivity contribution >= 4 is 30.2 Å². The van der Waals surface area contributed by atoms with Gasteiger partial charge in [-0.05, 0) is 18.6 Å². The van der Waals surface area contributed by atoms with E-state index < -0.39 is 5.91 Å². The van der Waals surface area contributed by atoms with Crippen molar-refractivity contribution in [1.29, 1.82) is 0 Å². The molecular weight excluding hydrogens is 308 g/mol. The third-order valence-corrected chi connectivity index (χ3v) is 3.21. The lowest BCUT2D eigenvalue weighted by Crippen LogP contribution is -2.43. The molecule has 2 amide bonds. The van der Waals surface area contributed by atoms with E-state index in [1.54, 1.807) is 13.1 Å². The number of carbonyl (C=O) groups excluding carboxylic acids is 2. The zero-order chi connectivity index (χ0) is 15.2. The Bertz CT molecular complexity index is 569. The van der Waals surface area contributed by atoms with E-state index in [0.29, 0.717) is 24.5 Å². The number of hydrogen-bond donors (Lipinski definition) is 4. The summed E-state index contributed by atoms with van der Waals surface area (Å²) in [4.78, 5) is 27.4. The van der Waals surface area contributed by atoms with Gasteiger partial charge in [-0.15, -0.1) is 12.4 Å². The summed E-state index contributed by atoms with van der Waals surface area (Å²) in [5.41, 5.74) is 5.92. The van der Waals surface area contributed by atoms with Gasteiger partial charge < -0.3 is 26.3 Å². The molecule has 5 N–H and O–H groups in total. The molecular formula is C13H21ClN6O2. The number of amides is 2. The van der Waals surface area contributed by atoms with Gasteiger partial charge in [0.05, 0.1) is 0 Å². The monoisotopic (exact) mass is 328 g/mol. The number of aliphatic imine (C=N–C) groups is 1. The summed E-state index contributed by atoms with van der Waals surface area (Å²) < 4.78 is 1.48. The third-order valence-electron chi connectivity index (χ3n) is 3.21. The molecule has 0 saturated carbocycles. The van der Waals surface area contributed by atoms with Crippen molar-refractivity contribution in [2.45, 2.75) is 6.42 Å². The number of nitrogens with two attached hydrogens (primary N) is 1. The first-order valence-corrected chi connectivity index (χ1v) is 6.85. The second-order valence-corrected chi connectivity index (χ2v) is 4.72. The standard InChI is InChI=1S/C13H20N6O2.ClH/c1-19-9(11(14)20)3-4-10(19)12(21)15-7-8-18-13-16-5-2-6-17-13;/h3-4H,2,5-8H2,1H3,(H2,14,20)(H,15,21)(H2,16,17,18);1H. The molecule has 0 spiro atoms. The molecule has 0 fully saturated rings. The Labute approximate surface area is 134 Å². The Morgan fingerprint density at radius 1 is 1.36 bits per heavy atom. The van der Waals surface area contributed by atoms with E-state index in [0.717, 1.165) is 25.5 Å². The van der Waals surface area contributed by atoms with Gasteiger partial charge >= 0.3 is 0 Å². The van der Waals surface area contributed by atoms with Crippen molar-refractivity contribution in [2.75, 3.05) is 26.2 Å². The van der Waals surface area contributed by atoms with Crippen molar-refractivity contribution in [1.82, 2.24) is 20.5 Å². The van der Waals surface area contributed by atoms with Crippen molar-refractivity contribution in [2.24, 2.45) is 17.8 Å². The van der Waals surface area contributed by atoms with Crippen molar-refractivity contribution < 1.29 is 9.59 Å². The molecule has 8 nitrogen and oxygen atoms in total. The van der Waals surface area contributed by atoms with Crippen LogP contribution in [0.2, 0.25) is 0 Å². The predicted octanol–water partition coefficient (Wildman–Crippen LogP) is -0.785. The molecule has 0 aliphatic carbocycles. The molecule has 0 saturated heterocycles. The lowest BCUT2D eigenvalue weighted by molar-refractivity contribution is 0.0945. The van der Waals surface area contributed by atoms with Crippen LogP contribution in [0.5, 0.6) is 0 Å². The van der Waals surface area contributed by atoms with Gasteiger partial charge in [-0.3, -0.25) is 14.6 Å². The summed E-state index contributed by atoms with van der Waals surface area (Å²) in [6, 6.07) is 3.12. The number of halogens is 1. The first-order valence-electron chi connectivity index (χ1n) is 6.85. The Hall–Kier alpha value is -2.22. The maximum absolute atomic E-state index is 12.0. The molecule has 0 radical (unpaired) electrons. The van der Waals surface area contributed by atoms with Crippen LogP contribution in [0.15, 0.2) is 17.1 Å². The number of nitrogens with one attached hydrogen (secondary N) is 3. The SMILES string of the molecule is Cl.Cn1c(C(N)=O)ccc1C(=O)NCCNC1=NCCCN1. The van der Waals surface area contributed by atoms with Crippen LogP contribution in [0.25, 0.3) is 0 Å². The molecule has 9 heteroatoms. The number of carbonyl (C=O) groups is 2. The van der Waals surface area contributed by atoms with E-state index in [4.69, 9.17) is 5.73 Å². The van der Waals surface area contributed by atoms with Crippen LogP contribution in [-0.4, -0.2) is 48.5 Å². The van der Waals surface area contributed by atoms with Crippen LogP contribution >= 0.6 is 12.4 Å². The highest BCUT2D eigenvalue weighted by atomic mass is 35.5. The summed E-state index contributed by atoms with van der Waals surface area (Å²) in [5.74, 6) is -0.0321. The molecule has 22 heavy (non-hydrogen) atoms. The summed E-state index contributed by atoms with van der Waals surface area (Å²) >= 11 is 0. The molecule has 1 aromatic rings. The highest BCUT2D eigenvalue weighted by Crippen LogP contribution is 2.06. The van der Waals surface area contributed by atoms with Crippen LogP contribution in [-0.2, 0) is 7.05 Å². The summed E-state index contributed by atoms with van der Waals surface area (Å²) in [6.07, 6.45) is 1.04. The van der Waals surface area contributed by atoms with Gasteiger partial charge in [0.2, 0.25) is 0 Å². The summed E-state index contributed by atoms with van der Waals surface area (Å²) in [5, 5.41) is 9.02. The maximum Gasteiger partial charge on any atom is 0.267 e. The van der Waals surface area contributed by atoms with E-state index in [9.17, 15) is 9.59 Å². The molecule has 1 aromatic heterocycles. The molecule has 122 valence electrons. The first-order chi connectivity index (χ1) is 10.1. The minimum absolute atomic E-state index is 0. The number of hydrogen-bond acceptors (Lipinski definition) is 5. The van der Waals surface area contributed by atoms with Crippen LogP contribution < -0.4 is 21.7 Å². The van der Waals surface area contributed by atoms with Crippen LogP contribution in [0.1, 0.15) is 27.4 Å². The third kappa shape index (κ3) is 4.39. The zero-order valence-electron chi connectivity index (χ0n) is 12.4. The number of aromatic nitrogens is 1. The Balaban J connectivity index is 0.00000242. The number of nitrogens with zero attached hydrogens (tertiary/aromatic N) is 2. The topological polar surface area (TPSA) is 114 Å². The van der Waals surface area contributed by atoms with Crippen LogP contribution in [0, 0.1) is 0 Å². The predicted molar refractivity (Wildman–Crippen MR) is 86.4 cm³/mol. The van der Waals surface area contributed by atoms with E-state index in [2.05, 4.69) is 20.9 Å². The molecule has 0 bridgehead atoms. The molecule has 0 atom stereocenters. The summed E-state index contributed by atoms with van der Waals surface area (Å²) in [7, 11) is 1.63. The average molecular weight is 329 g/mol. The molecule has 0 unspecified atom stereocenters. The second kappa shape index (κ2) is 8.28. The van der Waals surface area contributed by atoms with Crippen molar-refractivity contribution in [3.8, 4) is 0 Å². The number of primary amides is 1. The first kappa shape index (κ1) is 17.8. The zero-order valence-corrected chi connectivity index (χ0v) is 13.2. The normalized spacial score (nSPS) is 13.4. The van der Waals surface area contributed by atoms with E-state index in [1.165, 1.54) is 10.6 Å². The van der Waals surface area contributed by atoms with Gasteiger partial charge in [0.1, 0.15) is 11.4 Å². The highest BCUT2D eigenvalue weighted by molar-refractivity contribution is 5.97. The number of guanidine groups is 1. The lowest BCUT2D eigenvalue weighted by Gasteiger charge is -2.16. The van der Waals surface area contributed by atoms with Gasteiger partial charge in [-0.1, -0.05) is 0 Å². The fourth-order valence-corrected chi connectivity index (χ4v) is 2.09. The molecule has 1 aliphatic heterocycles. The van der Waals surface area contributed by atoms with Crippen LogP contribution in [0.3, 0.4) is 0 Å². The highest BCUT2D eigenvalue weighted by Gasteiger charge is 2.14. The molecule has 2 heterocycles. The van der Waals surface area contributed by atoms with Crippen molar-refractivity contribution in [3.05, 3.63) is 23.5 Å². The van der Waals surface area contributed by atoms with E-state index >= 15 is 0 Å². The van der Waals surface area contributed by atoms with Crippen molar-refractivity contribution in [3.63, 3.8) is 0 Å². The van der Waals surface area contributed by atoms with Gasteiger partial charge in [0, 0.05) is 33.2 Å². The second-order valence-electron chi connectivity index (χ2n) is 4.72. The maximum atomic E-state index is 12.0. The summed E-state index contributed by atoms with van der Waals surface area (Å²) in [6.45, 7) is 2.76. The quantitative estimate of drug-likeness (QED) is 0.531. The molecule has 1 aliphatic rings. The Morgan fingerprint density at radius 2 is 2.09 bits per heavy atom. The minimum atomic E-state index is -0.556. The fraction of sp³-hybridized carbons (Fsp3) is 0.462. The molecule has 2 rings (SSSR count). The van der Waals surface area contributed by atoms with E-state index in [-0.39, 0.29) is 18.3 Å². The minimum Gasteiger partial charge on any atom is -0.364 e. The average Bonchev–Trinajstić information content (AvgIpc) is 2.86. The molecule has 0 aromatic carbocycles. The van der Waals surface area contributed by atoms with Gasteiger partial charge in [0.25, 0.3) is 11.8 Å². The van der Waals surface area contributed by atoms with Gasteiger partial charge in [-0.25, -0.2) is 0 Å². The van der Waals surface area contributed by atoms with Gasteiger partial charge in [0.15, 0.2) is 5.96 Å². The largest absolute Gasteiger partial charge is 0.364 e. The van der Waals surface area contributed by atoms with Crippen LogP contribution in [0.4, 0.5) is 0 Å². The Morgan fingerprint density at radius 3 is 2.68 bits per heavy atom.